The molecule has 7 heteroatoms. The Morgan fingerprint density at radius 1 is 1.38 bits per heavy atom. The molecule has 0 fully saturated rings. The van der Waals surface area contributed by atoms with Crippen molar-refractivity contribution in [1.29, 1.82) is 0 Å². The number of hydrogen-bond donors (Lipinski definition) is 1. The van der Waals surface area contributed by atoms with Crippen LogP contribution in [0.15, 0.2) is 0 Å². The quantitative estimate of drug-likeness (QED) is 0.604. The standard InChI is InChI=1S/C9H17N5O2/c1-5-13(6-2)7-8(12(3)4)10-11-9(7)14(15)16/h5-6H2,1-4H3,(H,10,11). The van der Waals surface area contributed by atoms with E-state index in [4.69, 9.17) is 0 Å². The van der Waals surface area contributed by atoms with Gasteiger partial charge in [0, 0.05) is 27.2 Å². The highest BCUT2D eigenvalue weighted by Crippen LogP contribution is 2.34. The van der Waals surface area contributed by atoms with Gasteiger partial charge < -0.3 is 19.9 Å². The van der Waals surface area contributed by atoms with Crippen LogP contribution in [0.2, 0.25) is 0 Å². The van der Waals surface area contributed by atoms with Gasteiger partial charge in [0.25, 0.3) is 0 Å². The molecule has 0 aliphatic carbocycles. The molecule has 16 heavy (non-hydrogen) atoms. The topological polar surface area (TPSA) is 78.3 Å². The van der Waals surface area contributed by atoms with Gasteiger partial charge in [-0.25, -0.2) is 0 Å². The van der Waals surface area contributed by atoms with Gasteiger partial charge in [-0.1, -0.05) is 5.10 Å². The fraction of sp³-hybridized carbons (Fsp3) is 0.667. The lowest BCUT2D eigenvalue weighted by Gasteiger charge is -2.21. The number of rotatable bonds is 5. The van der Waals surface area contributed by atoms with Crippen LogP contribution < -0.4 is 9.80 Å². The summed E-state index contributed by atoms with van der Waals surface area (Å²) in [5.41, 5.74) is 0.556. The molecule has 0 aromatic carbocycles. The fourth-order valence-electron chi connectivity index (χ4n) is 1.59. The summed E-state index contributed by atoms with van der Waals surface area (Å²) in [6, 6.07) is 0. The smallest absolute Gasteiger partial charge is 0.362 e. The summed E-state index contributed by atoms with van der Waals surface area (Å²) in [6.45, 7) is 5.33. The van der Waals surface area contributed by atoms with Crippen LogP contribution in [0.1, 0.15) is 13.8 Å². The van der Waals surface area contributed by atoms with Gasteiger partial charge in [0.15, 0.2) is 5.69 Å². The second-order valence-electron chi connectivity index (χ2n) is 3.57. The van der Waals surface area contributed by atoms with Gasteiger partial charge in [0.1, 0.15) is 0 Å². The third-order valence-corrected chi connectivity index (χ3v) is 2.39. The first-order valence-electron chi connectivity index (χ1n) is 5.17. The third kappa shape index (κ3) is 2.07. The first kappa shape index (κ1) is 12.3. The number of H-pyrrole nitrogens is 1. The Balaban J connectivity index is 3.28. The number of nitrogens with one attached hydrogen (secondary N) is 1. The number of hydrogen-bond acceptors (Lipinski definition) is 5. The highest BCUT2D eigenvalue weighted by Gasteiger charge is 2.26. The normalized spacial score (nSPS) is 10.2. The van der Waals surface area contributed by atoms with Crippen LogP contribution in [0.3, 0.4) is 0 Å². The van der Waals surface area contributed by atoms with E-state index >= 15 is 0 Å². The number of aromatic nitrogens is 2. The minimum atomic E-state index is -0.437. The molecule has 90 valence electrons. The molecule has 0 saturated heterocycles. The van der Waals surface area contributed by atoms with Crippen LogP contribution in [0.25, 0.3) is 0 Å². The molecule has 1 N–H and O–H groups in total. The van der Waals surface area contributed by atoms with E-state index in [1.807, 2.05) is 32.8 Å². The van der Waals surface area contributed by atoms with Gasteiger partial charge in [0.2, 0.25) is 5.82 Å². The van der Waals surface area contributed by atoms with Gasteiger partial charge in [-0.15, -0.1) is 5.10 Å². The van der Waals surface area contributed by atoms with Crippen molar-refractivity contribution in [2.45, 2.75) is 13.8 Å². The largest absolute Gasteiger partial charge is 0.368 e. The van der Waals surface area contributed by atoms with Crippen molar-refractivity contribution in [1.82, 2.24) is 10.2 Å². The number of nitrogens with zero attached hydrogens (tertiary/aromatic N) is 4. The zero-order valence-corrected chi connectivity index (χ0v) is 10.0. The minimum absolute atomic E-state index is 0.0487. The first-order chi connectivity index (χ1) is 7.52. The zero-order chi connectivity index (χ0) is 12.3. The van der Waals surface area contributed by atoms with Crippen LogP contribution in [-0.2, 0) is 0 Å². The second kappa shape index (κ2) is 4.82. The Labute approximate surface area is 94.2 Å². The molecule has 1 aromatic heterocycles. The highest BCUT2D eigenvalue weighted by atomic mass is 16.6. The van der Waals surface area contributed by atoms with Crippen molar-refractivity contribution in [3.8, 4) is 0 Å². The number of nitro groups is 1. The molecule has 0 unspecified atom stereocenters. The monoisotopic (exact) mass is 227 g/mol. The first-order valence-corrected chi connectivity index (χ1v) is 5.17. The summed E-state index contributed by atoms with van der Waals surface area (Å²) < 4.78 is 0. The average molecular weight is 227 g/mol. The molecule has 7 nitrogen and oxygen atoms in total. The van der Waals surface area contributed by atoms with Gasteiger partial charge in [-0.05, 0) is 18.8 Å². The molecule has 1 heterocycles. The molecular weight excluding hydrogens is 210 g/mol. The summed E-state index contributed by atoms with van der Waals surface area (Å²) >= 11 is 0. The number of aromatic amines is 1. The molecule has 0 saturated carbocycles. The van der Waals surface area contributed by atoms with Crippen molar-refractivity contribution < 1.29 is 4.92 Å². The Morgan fingerprint density at radius 2 is 1.94 bits per heavy atom. The average Bonchev–Trinajstić information content (AvgIpc) is 2.64. The van der Waals surface area contributed by atoms with E-state index in [0.29, 0.717) is 24.6 Å². The Bertz CT molecular complexity index is 370. The maximum Gasteiger partial charge on any atom is 0.368 e. The van der Waals surface area contributed by atoms with E-state index in [9.17, 15) is 10.1 Å². The third-order valence-electron chi connectivity index (χ3n) is 2.39. The van der Waals surface area contributed by atoms with E-state index < -0.39 is 4.92 Å². The van der Waals surface area contributed by atoms with Crippen molar-refractivity contribution in [2.24, 2.45) is 0 Å². The maximum absolute atomic E-state index is 10.9. The van der Waals surface area contributed by atoms with Crippen LogP contribution in [0, 0.1) is 10.1 Å². The van der Waals surface area contributed by atoms with Gasteiger partial charge in [0.05, 0.1) is 0 Å². The van der Waals surface area contributed by atoms with Crippen LogP contribution in [0.4, 0.5) is 17.3 Å². The molecule has 0 aliphatic heterocycles. The van der Waals surface area contributed by atoms with E-state index in [1.165, 1.54) is 0 Å². The number of anilines is 2. The van der Waals surface area contributed by atoms with Crippen molar-refractivity contribution >= 4 is 17.3 Å². The Morgan fingerprint density at radius 3 is 2.31 bits per heavy atom. The summed E-state index contributed by atoms with van der Waals surface area (Å²) in [5.74, 6) is 0.544. The summed E-state index contributed by atoms with van der Waals surface area (Å²) in [7, 11) is 3.62. The van der Waals surface area contributed by atoms with Crippen molar-refractivity contribution in [2.75, 3.05) is 37.0 Å². The fourth-order valence-corrected chi connectivity index (χ4v) is 1.59. The second-order valence-corrected chi connectivity index (χ2v) is 3.57. The van der Waals surface area contributed by atoms with Crippen molar-refractivity contribution in [3.63, 3.8) is 0 Å². The Kier molecular flexibility index (Phi) is 3.70. The molecule has 1 rings (SSSR count). The zero-order valence-electron chi connectivity index (χ0n) is 10.0. The Hall–Kier alpha value is -1.79. The lowest BCUT2D eigenvalue weighted by atomic mass is 10.3. The predicted molar refractivity (Wildman–Crippen MR) is 63.1 cm³/mol. The summed E-state index contributed by atoms with van der Waals surface area (Å²) in [4.78, 5) is 14.1. The predicted octanol–water partition coefficient (Wildman–Crippen LogP) is 1.23. The van der Waals surface area contributed by atoms with Gasteiger partial charge in [-0.3, -0.25) is 0 Å². The molecule has 1 aromatic rings. The van der Waals surface area contributed by atoms with E-state index in [2.05, 4.69) is 10.2 Å². The van der Waals surface area contributed by atoms with Gasteiger partial charge in [-0.2, -0.15) is 0 Å². The summed E-state index contributed by atoms with van der Waals surface area (Å²) in [5, 5.41) is 17.3. The molecule has 0 radical (unpaired) electrons. The van der Waals surface area contributed by atoms with E-state index in [0.717, 1.165) is 0 Å². The molecular formula is C9H17N5O2. The molecule has 0 atom stereocenters. The van der Waals surface area contributed by atoms with E-state index in [1.54, 1.807) is 4.90 Å². The van der Waals surface area contributed by atoms with Crippen LogP contribution in [0.5, 0.6) is 0 Å². The lowest BCUT2D eigenvalue weighted by Crippen LogP contribution is -2.24. The minimum Gasteiger partial charge on any atom is -0.362 e. The molecule has 0 aliphatic rings. The lowest BCUT2D eigenvalue weighted by molar-refractivity contribution is -0.388. The van der Waals surface area contributed by atoms with E-state index in [-0.39, 0.29) is 5.82 Å². The molecule has 0 amide bonds. The molecule has 0 bridgehead atoms. The van der Waals surface area contributed by atoms with Gasteiger partial charge >= 0.3 is 5.82 Å². The molecule has 0 spiro atoms. The summed E-state index contributed by atoms with van der Waals surface area (Å²) in [6.07, 6.45) is 0. The van der Waals surface area contributed by atoms with Crippen LogP contribution >= 0.6 is 0 Å². The SMILES string of the molecule is CCN(CC)c1c(N(C)C)n[nH]c1[N+](=O)[O-]. The van der Waals surface area contributed by atoms with Crippen LogP contribution in [-0.4, -0.2) is 42.3 Å². The van der Waals surface area contributed by atoms with Crippen molar-refractivity contribution in [3.05, 3.63) is 10.1 Å². The highest BCUT2D eigenvalue weighted by molar-refractivity contribution is 5.75. The maximum atomic E-state index is 10.9.